The van der Waals surface area contributed by atoms with Crippen molar-refractivity contribution in [3.05, 3.63) is 0 Å². The van der Waals surface area contributed by atoms with E-state index in [1.165, 1.54) is 0 Å². The van der Waals surface area contributed by atoms with Crippen molar-refractivity contribution in [3.63, 3.8) is 0 Å². The van der Waals surface area contributed by atoms with Crippen LogP contribution in [0.15, 0.2) is 0 Å². The summed E-state index contributed by atoms with van der Waals surface area (Å²) in [4.78, 5) is 34.9. The fourth-order valence-electron chi connectivity index (χ4n) is 3.60. The summed E-state index contributed by atoms with van der Waals surface area (Å²) in [6.45, 7) is 6.77. The van der Waals surface area contributed by atoms with Gasteiger partial charge in [-0.15, -0.1) is 0 Å². The van der Waals surface area contributed by atoms with Gasteiger partial charge in [-0.05, 0) is 34.1 Å². The van der Waals surface area contributed by atoms with Crippen LogP contribution in [0.4, 0.5) is 0 Å². The van der Waals surface area contributed by atoms with Gasteiger partial charge in [0.05, 0.1) is 0 Å². The topological polar surface area (TPSA) is 150 Å². The van der Waals surface area contributed by atoms with Gasteiger partial charge in [-0.3, -0.25) is 9.59 Å². The Morgan fingerprint density at radius 2 is 1.50 bits per heavy atom. The zero-order valence-corrected chi connectivity index (χ0v) is 16.0. The summed E-state index contributed by atoms with van der Waals surface area (Å²) < 4.78 is 29.0. The van der Waals surface area contributed by atoms with Crippen molar-refractivity contribution in [1.29, 1.82) is 0 Å². The monoisotopic (exact) mass is 403 g/mol. The van der Waals surface area contributed by atoms with E-state index in [0.717, 1.165) is 0 Å². The maximum atomic E-state index is 12.8. The maximum absolute atomic E-state index is 12.8. The van der Waals surface area contributed by atoms with Gasteiger partial charge in [0.15, 0.2) is 24.0 Å². The fourth-order valence-corrected chi connectivity index (χ4v) is 3.60. The zero-order chi connectivity index (χ0) is 20.9. The molecular weight excluding hydrogens is 378 g/mol. The van der Waals surface area contributed by atoms with Crippen LogP contribution in [0.5, 0.6) is 0 Å². The zero-order valence-electron chi connectivity index (χ0n) is 16.0. The number of carboxylic acids is 2. The van der Waals surface area contributed by atoms with E-state index in [0.29, 0.717) is 0 Å². The average Bonchev–Trinajstić information content (AvgIpc) is 3.03. The lowest BCUT2D eigenvalue weighted by atomic mass is 9.98. The molecule has 158 valence electrons. The number of ether oxygens (including phenoxy) is 5. The molecule has 0 spiro atoms. The van der Waals surface area contributed by atoms with Crippen molar-refractivity contribution in [2.24, 2.45) is 0 Å². The molecule has 3 rings (SSSR count). The van der Waals surface area contributed by atoms with Crippen LogP contribution in [-0.4, -0.2) is 76.4 Å². The van der Waals surface area contributed by atoms with Gasteiger partial charge in [-0.1, -0.05) is 0 Å². The normalized spacial score (nSPS) is 36.2. The van der Waals surface area contributed by atoms with Crippen LogP contribution in [0, 0.1) is 0 Å². The number of hydrogen-bond acceptors (Lipinski definition) is 8. The van der Waals surface area contributed by atoms with E-state index in [1.807, 2.05) is 0 Å². The molecule has 3 aliphatic rings. The standard InChI is InChI=1S/C17H25NO10/c1-16(2)25-9-10(26-16)12-15(28-17(3,4)27-12)24-11(9)13(21)18-7(14(22)23)5-6-8(19)20/h7,9-12,15H,5-6H2,1-4H3,(H,18,21)(H,19,20)(H,22,23). The first-order valence-corrected chi connectivity index (χ1v) is 9.00. The molecule has 0 saturated carbocycles. The van der Waals surface area contributed by atoms with Crippen LogP contribution in [0.2, 0.25) is 0 Å². The molecule has 0 aromatic heterocycles. The summed E-state index contributed by atoms with van der Waals surface area (Å²) in [5, 5.41) is 20.4. The highest BCUT2D eigenvalue weighted by Crippen LogP contribution is 2.44. The number of amides is 1. The Bertz CT molecular complexity index is 662. The molecule has 1 amide bonds. The number of carbonyl (C=O) groups is 3. The fraction of sp³-hybridized carbons (Fsp3) is 0.824. The molecule has 6 unspecified atom stereocenters. The Balaban J connectivity index is 1.77. The van der Waals surface area contributed by atoms with Crippen molar-refractivity contribution < 1.29 is 48.3 Å². The van der Waals surface area contributed by atoms with Crippen LogP contribution in [0.1, 0.15) is 40.5 Å². The molecule has 3 N–H and O–H groups in total. The Morgan fingerprint density at radius 3 is 2.11 bits per heavy atom. The van der Waals surface area contributed by atoms with E-state index >= 15 is 0 Å². The highest BCUT2D eigenvalue weighted by Gasteiger charge is 2.62. The second-order valence-corrected chi connectivity index (χ2v) is 7.92. The molecule has 11 nitrogen and oxygen atoms in total. The number of aliphatic carboxylic acids is 2. The molecule has 3 fully saturated rings. The van der Waals surface area contributed by atoms with Crippen molar-refractivity contribution in [2.75, 3.05) is 0 Å². The molecule has 11 heteroatoms. The molecule has 0 bridgehead atoms. The van der Waals surface area contributed by atoms with E-state index in [9.17, 15) is 19.5 Å². The first-order chi connectivity index (χ1) is 12.9. The molecule has 0 aromatic rings. The van der Waals surface area contributed by atoms with Crippen LogP contribution < -0.4 is 5.32 Å². The minimum Gasteiger partial charge on any atom is -0.481 e. The van der Waals surface area contributed by atoms with Crippen molar-refractivity contribution in [3.8, 4) is 0 Å². The number of carboxylic acid groups (broad SMARTS) is 2. The quantitative estimate of drug-likeness (QED) is 0.545. The van der Waals surface area contributed by atoms with E-state index in [2.05, 4.69) is 5.32 Å². The molecule has 3 heterocycles. The first-order valence-electron chi connectivity index (χ1n) is 9.00. The predicted octanol–water partition coefficient (Wildman–Crippen LogP) is -0.183. The van der Waals surface area contributed by atoms with Gasteiger partial charge >= 0.3 is 11.9 Å². The van der Waals surface area contributed by atoms with E-state index in [-0.39, 0.29) is 6.42 Å². The van der Waals surface area contributed by atoms with Crippen LogP contribution in [0.25, 0.3) is 0 Å². The third-order valence-corrected chi connectivity index (χ3v) is 4.67. The SMILES string of the molecule is CC1(C)OC2OC(C(=O)NC(CCC(=O)O)C(=O)O)C3OC(C)(C)OC3C2O1. The van der Waals surface area contributed by atoms with Crippen LogP contribution >= 0.6 is 0 Å². The Labute approximate surface area is 161 Å². The molecule has 0 radical (unpaired) electrons. The van der Waals surface area contributed by atoms with Gasteiger partial charge in [-0.2, -0.15) is 0 Å². The van der Waals surface area contributed by atoms with Gasteiger partial charge in [0.2, 0.25) is 0 Å². The summed E-state index contributed by atoms with van der Waals surface area (Å²) >= 11 is 0. The second-order valence-electron chi connectivity index (χ2n) is 7.92. The Morgan fingerprint density at radius 1 is 0.929 bits per heavy atom. The highest BCUT2D eigenvalue weighted by atomic mass is 16.9. The maximum Gasteiger partial charge on any atom is 0.326 e. The third kappa shape index (κ3) is 4.28. The van der Waals surface area contributed by atoms with Gasteiger partial charge < -0.3 is 39.2 Å². The minimum absolute atomic E-state index is 0.265. The first kappa shape index (κ1) is 20.9. The van der Waals surface area contributed by atoms with Gasteiger partial charge in [0, 0.05) is 6.42 Å². The highest BCUT2D eigenvalue weighted by molar-refractivity contribution is 5.87. The van der Waals surface area contributed by atoms with Crippen molar-refractivity contribution >= 4 is 17.8 Å². The number of rotatable bonds is 6. The number of carbonyl (C=O) groups excluding carboxylic acids is 1. The minimum atomic E-state index is -1.38. The molecule has 6 atom stereocenters. The summed E-state index contributed by atoms with van der Waals surface area (Å²) in [7, 11) is 0. The summed E-state index contributed by atoms with van der Waals surface area (Å²) in [5.74, 6) is -5.21. The van der Waals surface area contributed by atoms with Gasteiger partial charge in [0.25, 0.3) is 5.91 Å². The van der Waals surface area contributed by atoms with Crippen LogP contribution in [0.3, 0.4) is 0 Å². The molecule has 0 aliphatic carbocycles. The molecule has 0 aromatic carbocycles. The van der Waals surface area contributed by atoms with Gasteiger partial charge in [-0.25, -0.2) is 4.79 Å². The van der Waals surface area contributed by atoms with Crippen molar-refractivity contribution in [2.45, 2.75) is 88.9 Å². The largest absolute Gasteiger partial charge is 0.481 e. The molecule has 3 saturated heterocycles. The summed E-state index contributed by atoms with van der Waals surface area (Å²) in [6.07, 6.45) is -4.90. The summed E-state index contributed by atoms with van der Waals surface area (Å²) in [5.41, 5.74) is 0. The lowest BCUT2D eigenvalue weighted by molar-refractivity contribution is -0.231. The lowest BCUT2D eigenvalue weighted by Gasteiger charge is -2.36. The Kier molecular flexibility index (Phi) is 5.40. The second kappa shape index (κ2) is 7.23. The predicted molar refractivity (Wildman–Crippen MR) is 89.0 cm³/mol. The number of hydrogen-bond donors (Lipinski definition) is 3. The average molecular weight is 403 g/mol. The van der Waals surface area contributed by atoms with Crippen LogP contribution in [-0.2, 0) is 38.1 Å². The molecule has 3 aliphatic heterocycles. The van der Waals surface area contributed by atoms with E-state index in [1.54, 1.807) is 27.7 Å². The smallest absolute Gasteiger partial charge is 0.326 e. The number of nitrogens with one attached hydrogen (secondary N) is 1. The van der Waals surface area contributed by atoms with Gasteiger partial charge in [0.1, 0.15) is 24.4 Å². The van der Waals surface area contributed by atoms with E-state index < -0.39 is 72.6 Å². The lowest BCUT2D eigenvalue weighted by Crippen LogP contribution is -2.60. The Hall–Kier alpha value is -1.79. The van der Waals surface area contributed by atoms with E-state index in [4.69, 9.17) is 28.8 Å². The molecule has 28 heavy (non-hydrogen) atoms. The third-order valence-electron chi connectivity index (χ3n) is 4.67. The molecular formula is C17H25NO10. The number of fused-ring (bicyclic) bond motifs is 3. The van der Waals surface area contributed by atoms with Crippen molar-refractivity contribution in [1.82, 2.24) is 5.32 Å². The summed E-state index contributed by atoms with van der Waals surface area (Å²) in [6, 6.07) is -1.38.